The van der Waals surface area contributed by atoms with Crippen molar-refractivity contribution < 1.29 is 23.9 Å². The second-order valence-electron chi connectivity index (χ2n) is 7.53. The fraction of sp³-hybridized carbons (Fsp3) is 0.550. The molecule has 1 aliphatic heterocycles. The van der Waals surface area contributed by atoms with Crippen LogP contribution >= 0.6 is 0 Å². The number of hydrogen-bond donors (Lipinski definition) is 2. The second-order valence-corrected chi connectivity index (χ2v) is 7.53. The summed E-state index contributed by atoms with van der Waals surface area (Å²) in [5, 5.41) is 11.9. The number of piperidine rings is 1. The quantitative estimate of drug-likeness (QED) is 0.824. The highest BCUT2D eigenvalue weighted by molar-refractivity contribution is 5.86. The number of carbonyl (C=O) groups is 3. The highest BCUT2D eigenvalue weighted by Gasteiger charge is 2.43. The molecule has 6 nitrogen and oxygen atoms in total. The number of aryl methyl sites for hydroxylation is 1. The maximum atomic E-state index is 13.6. The zero-order chi connectivity index (χ0) is 19.6. The van der Waals surface area contributed by atoms with Gasteiger partial charge in [-0.2, -0.15) is 0 Å². The Hall–Kier alpha value is -2.44. The lowest BCUT2D eigenvalue weighted by Gasteiger charge is -2.39. The molecular weight excluding hydrogens is 351 g/mol. The van der Waals surface area contributed by atoms with E-state index in [4.69, 9.17) is 5.11 Å². The average molecular weight is 376 g/mol. The van der Waals surface area contributed by atoms with Crippen LogP contribution in [0.15, 0.2) is 18.2 Å². The molecule has 1 aromatic rings. The van der Waals surface area contributed by atoms with Gasteiger partial charge in [0.05, 0.1) is 11.8 Å². The first-order valence-corrected chi connectivity index (χ1v) is 9.41. The molecule has 0 radical (unpaired) electrons. The van der Waals surface area contributed by atoms with Gasteiger partial charge in [-0.05, 0) is 49.8 Å². The lowest BCUT2D eigenvalue weighted by atomic mass is 9.72. The third-order valence-electron chi connectivity index (χ3n) is 5.79. The number of carboxylic acid groups (broad SMARTS) is 1. The lowest BCUT2D eigenvalue weighted by molar-refractivity contribution is -0.157. The van der Waals surface area contributed by atoms with Crippen LogP contribution in [0.4, 0.5) is 4.39 Å². The predicted molar refractivity (Wildman–Crippen MR) is 96.1 cm³/mol. The third kappa shape index (κ3) is 4.28. The van der Waals surface area contributed by atoms with Gasteiger partial charge >= 0.3 is 5.97 Å². The summed E-state index contributed by atoms with van der Waals surface area (Å²) in [5.41, 5.74) is 1.28. The summed E-state index contributed by atoms with van der Waals surface area (Å²) < 4.78 is 13.6. The minimum atomic E-state index is -0.901. The highest BCUT2D eigenvalue weighted by Crippen LogP contribution is 2.36. The van der Waals surface area contributed by atoms with Crippen LogP contribution in [-0.2, 0) is 20.9 Å². The van der Waals surface area contributed by atoms with Crippen LogP contribution in [0, 0.1) is 30.5 Å². The number of rotatable bonds is 5. The summed E-state index contributed by atoms with van der Waals surface area (Å²) in [4.78, 5) is 37.6. The van der Waals surface area contributed by atoms with Crippen LogP contribution in [0.3, 0.4) is 0 Å². The Kier molecular flexibility index (Phi) is 5.77. The molecule has 1 saturated heterocycles. The van der Waals surface area contributed by atoms with Gasteiger partial charge in [-0.15, -0.1) is 0 Å². The van der Waals surface area contributed by atoms with E-state index in [9.17, 15) is 18.8 Å². The molecule has 2 amide bonds. The maximum Gasteiger partial charge on any atom is 0.307 e. The van der Waals surface area contributed by atoms with Crippen LogP contribution in [-0.4, -0.2) is 40.9 Å². The van der Waals surface area contributed by atoms with Gasteiger partial charge in [-0.1, -0.05) is 12.1 Å². The average Bonchev–Trinajstić information content (AvgIpc) is 2.61. The van der Waals surface area contributed by atoms with Crippen molar-refractivity contribution in [2.75, 3.05) is 13.1 Å². The molecule has 2 atom stereocenters. The smallest absolute Gasteiger partial charge is 0.307 e. The largest absolute Gasteiger partial charge is 0.481 e. The van der Waals surface area contributed by atoms with Gasteiger partial charge in [0.15, 0.2) is 0 Å². The van der Waals surface area contributed by atoms with E-state index < -0.39 is 17.8 Å². The number of nitrogens with one attached hydrogen (secondary N) is 1. The molecular formula is C20H25FN2O4. The number of carboxylic acids is 1. The Labute approximate surface area is 157 Å². The minimum absolute atomic E-state index is 0.0878. The minimum Gasteiger partial charge on any atom is -0.481 e. The molecule has 1 saturated carbocycles. The number of likely N-dealkylation sites (tertiary alicyclic amines) is 1. The van der Waals surface area contributed by atoms with Gasteiger partial charge in [0.1, 0.15) is 5.82 Å². The monoisotopic (exact) mass is 376 g/mol. The first kappa shape index (κ1) is 19.3. The summed E-state index contributed by atoms with van der Waals surface area (Å²) in [5.74, 6) is -2.53. The van der Waals surface area contributed by atoms with E-state index in [1.807, 2.05) is 0 Å². The molecule has 27 heavy (non-hydrogen) atoms. The number of amides is 2. The molecule has 0 bridgehead atoms. The van der Waals surface area contributed by atoms with Gasteiger partial charge in [0.25, 0.3) is 0 Å². The van der Waals surface area contributed by atoms with E-state index in [0.29, 0.717) is 49.9 Å². The van der Waals surface area contributed by atoms with E-state index in [2.05, 4.69) is 5.32 Å². The van der Waals surface area contributed by atoms with Crippen molar-refractivity contribution in [2.24, 2.45) is 17.8 Å². The van der Waals surface area contributed by atoms with Gasteiger partial charge in [0.2, 0.25) is 11.8 Å². The van der Waals surface area contributed by atoms with Crippen molar-refractivity contribution in [2.45, 2.75) is 39.2 Å². The van der Waals surface area contributed by atoms with Gasteiger partial charge < -0.3 is 15.3 Å². The molecule has 1 heterocycles. The standard InChI is InChI=1S/C20H25FN2O4/c1-12-2-3-13(10-17(12)21)11-22-18(24)14-6-8-23(9-7-14)19(25)15-4-5-16(15)20(26)27/h2-3,10,14-16H,4-9,11H2,1H3,(H,22,24)(H,26,27). The van der Waals surface area contributed by atoms with Crippen LogP contribution in [0.2, 0.25) is 0 Å². The van der Waals surface area contributed by atoms with E-state index in [-0.39, 0.29) is 30.1 Å². The van der Waals surface area contributed by atoms with Crippen molar-refractivity contribution in [1.82, 2.24) is 10.2 Å². The fourth-order valence-corrected chi connectivity index (χ4v) is 3.77. The van der Waals surface area contributed by atoms with Gasteiger partial charge in [-0.25, -0.2) is 4.39 Å². The van der Waals surface area contributed by atoms with E-state index in [1.54, 1.807) is 24.0 Å². The van der Waals surface area contributed by atoms with Gasteiger partial charge in [0, 0.05) is 25.6 Å². The molecule has 1 aromatic carbocycles. The summed E-state index contributed by atoms with van der Waals surface area (Å²) in [6.07, 6.45) is 2.31. The molecule has 0 spiro atoms. The summed E-state index contributed by atoms with van der Waals surface area (Å²) in [6.45, 7) is 2.91. The fourth-order valence-electron chi connectivity index (χ4n) is 3.77. The number of nitrogens with zero attached hydrogens (tertiary/aromatic N) is 1. The SMILES string of the molecule is Cc1ccc(CNC(=O)C2CCN(C(=O)C3CCC3C(=O)O)CC2)cc1F. The number of hydrogen-bond acceptors (Lipinski definition) is 3. The highest BCUT2D eigenvalue weighted by atomic mass is 19.1. The summed E-state index contributed by atoms with van der Waals surface area (Å²) in [7, 11) is 0. The molecule has 146 valence electrons. The van der Waals surface area contributed by atoms with Crippen LogP contribution in [0.1, 0.15) is 36.8 Å². The Bertz CT molecular complexity index is 743. The molecule has 2 fully saturated rings. The summed E-state index contributed by atoms with van der Waals surface area (Å²) in [6, 6.07) is 4.90. The van der Waals surface area contributed by atoms with Crippen molar-refractivity contribution in [3.8, 4) is 0 Å². The van der Waals surface area contributed by atoms with E-state index >= 15 is 0 Å². The number of aliphatic carboxylic acids is 1. The lowest BCUT2D eigenvalue weighted by Crippen LogP contribution is -2.49. The number of carbonyl (C=O) groups excluding carboxylic acids is 2. The zero-order valence-corrected chi connectivity index (χ0v) is 15.4. The summed E-state index contributed by atoms with van der Waals surface area (Å²) >= 11 is 0. The molecule has 3 rings (SSSR count). The van der Waals surface area contributed by atoms with Crippen molar-refractivity contribution in [3.63, 3.8) is 0 Å². The maximum absolute atomic E-state index is 13.6. The zero-order valence-electron chi connectivity index (χ0n) is 15.4. The first-order valence-electron chi connectivity index (χ1n) is 9.41. The first-order chi connectivity index (χ1) is 12.9. The molecule has 2 N–H and O–H groups in total. The predicted octanol–water partition coefficient (Wildman–Crippen LogP) is 2.10. The topological polar surface area (TPSA) is 86.7 Å². The molecule has 2 unspecified atom stereocenters. The van der Waals surface area contributed by atoms with Crippen molar-refractivity contribution >= 4 is 17.8 Å². The Balaban J connectivity index is 1.45. The van der Waals surface area contributed by atoms with Crippen LogP contribution in [0.5, 0.6) is 0 Å². The van der Waals surface area contributed by atoms with E-state index in [0.717, 1.165) is 0 Å². The van der Waals surface area contributed by atoms with Crippen LogP contribution < -0.4 is 5.32 Å². The number of benzene rings is 1. The van der Waals surface area contributed by atoms with E-state index in [1.165, 1.54) is 6.07 Å². The third-order valence-corrected chi connectivity index (χ3v) is 5.79. The second kappa shape index (κ2) is 8.06. The Morgan fingerprint density at radius 3 is 2.37 bits per heavy atom. The number of halogens is 1. The molecule has 0 aromatic heterocycles. The molecule has 1 aliphatic carbocycles. The van der Waals surface area contributed by atoms with Crippen molar-refractivity contribution in [3.05, 3.63) is 35.1 Å². The normalized spacial score (nSPS) is 22.8. The van der Waals surface area contributed by atoms with Gasteiger partial charge in [-0.3, -0.25) is 14.4 Å². The molecule has 7 heteroatoms. The molecule has 2 aliphatic rings. The Morgan fingerprint density at radius 2 is 1.81 bits per heavy atom. The van der Waals surface area contributed by atoms with Crippen molar-refractivity contribution in [1.29, 1.82) is 0 Å². The van der Waals surface area contributed by atoms with Crippen LogP contribution in [0.25, 0.3) is 0 Å². The Morgan fingerprint density at radius 1 is 1.15 bits per heavy atom.